The number of halogens is 1. The Kier molecular flexibility index (Phi) is 3.52. The zero-order valence-electron chi connectivity index (χ0n) is 10.9. The molecule has 4 heteroatoms. The third-order valence-electron chi connectivity index (χ3n) is 4.19. The number of nitrogen functional groups attached to an aromatic ring is 1. The third kappa shape index (κ3) is 3.11. The van der Waals surface area contributed by atoms with Gasteiger partial charge in [0.1, 0.15) is 0 Å². The van der Waals surface area contributed by atoms with Crippen LogP contribution in [0.2, 0.25) is 0 Å². The summed E-state index contributed by atoms with van der Waals surface area (Å²) in [6.07, 6.45) is 5.38. The van der Waals surface area contributed by atoms with Gasteiger partial charge in [0, 0.05) is 16.7 Å². The van der Waals surface area contributed by atoms with Crippen LogP contribution in [0.4, 0.5) is 5.69 Å². The SMILES string of the molecule is Nc1ccc(Br)c(C(=O)NCC(C2CC2)C2CC2)c1. The molecule has 1 aromatic carbocycles. The lowest BCUT2D eigenvalue weighted by Gasteiger charge is -2.16. The number of hydrogen-bond donors (Lipinski definition) is 2. The van der Waals surface area contributed by atoms with Crippen molar-refractivity contribution in [3.8, 4) is 0 Å². The Morgan fingerprint density at radius 1 is 1.32 bits per heavy atom. The molecule has 0 spiro atoms. The zero-order chi connectivity index (χ0) is 13.4. The average Bonchev–Trinajstić information content (AvgIpc) is 3.25. The van der Waals surface area contributed by atoms with Gasteiger partial charge in [0.2, 0.25) is 0 Å². The van der Waals surface area contributed by atoms with E-state index in [1.165, 1.54) is 25.7 Å². The molecule has 102 valence electrons. The molecule has 0 bridgehead atoms. The summed E-state index contributed by atoms with van der Waals surface area (Å²) < 4.78 is 0.800. The summed E-state index contributed by atoms with van der Waals surface area (Å²) in [6, 6.07) is 5.34. The van der Waals surface area contributed by atoms with Gasteiger partial charge in [-0.3, -0.25) is 4.79 Å². The maximum absolute atomic E-state index is 12.2. The monoisotopic (exact) mass is 322 g/mol. The number of benzene rings is 1. The number of nitrogens with two attached hydrogens (primary N) is 1. The number of hydrogen-bond acceptors (Lipinski definition) is 2. The molecule has 0 saturated heterocycles. The Balaban J connectivity index is 1.62. The number of carbonyl (C=O) groups is 1. The normalized spacial score (nSPS) is 18.6. The van der Waals surface area contributed by atoms with Gasteiger partial charge in [-0.2, -0.15) is 0 Å². The second-order valence-electron chi connectivity index (χ2n) is 5.79. The van der Waals surface area contributed by atoms with E-state index >= 15 is 0 Å². The summed E-state index contributed by atoms with van der Waals surface area (Å²) in [5.41, 5.74) is 6.99. The molecule has 1 aromatic rings. The molecule has 3 nitrogen and oxygen atoms in total. The molecule has 2 aliphatic carbocycles. The minimum absolute atomic E-state index is 0.0227. The maximum Gasteiger partial charge on any atom is 0.252 e. The van der Waals surface area contributed by atoms with E-state index in [-0.39, 0.29) is 5.91 Å². The molecule has 2 aliphatic rings. The summed E-state index contributed by atoms with van der Waals surface area (Å²) in [6.45, 7) is 0.815. The molecule has 3 rings (SSSR count). The van der Waals surface area contributed by atoms with E-state index in [1.807, 2.05) is 6.07 Å². The first-order valence-corrected chi connectivity index (χ1v) is 7.77. The molecule has 0 unspecified atom stereocenters. The quantitative estimate of drug-likeness (QED) is 0.818. The van der Waals surface area contributed by atoms with Crippen molar-refractivity contribution in [2.24, 2.45) is 17.8 Å². The van der Waals surface area contributed by atoms with E-state index in [1.54, 1.807) is 12.1 Å². The van der Waals surface area contributed by atoms with Gasteiger partial charge in [-0.25, -0.2) is 0 Å². The van der Waals surface area contributed by atoms with Crippen molar-refractivity contribution in [2.75, 3.05) is 12.3 Å². The first-order chi connectivity index (χ1) is 9.15. The highest BCUT2D eigenvalue weighted by molar-refractivity contribution is 9.10. The van der Waals surface area contributed by atoms with Crippen molar-refractivity contribution in [1.82, 2.24) is 5.32 Å². The largest absolute Gasteiger partial charge is 0.399 e. The first-order valence-electron chi connectivity index (χ1n) is 6.98. The van der Waals surface area contributed by atoms with Crippen molar-refractivity contribution >= 4 is 27.5 Å². The standard InChI is InChI=1S/C15H19BrN2O/c16-14-6-5-11(17)7-12(14)15(19)18-8-13(9-1-2-9)10-3-4-10/h5-7,9-10,13H,1-4,8,17H2,(H,18,19). The molecule has 0 heterocycles. The highest BCUT2D eigenvalue weighted by Crippen LogP contribution is 2.48. The Labute approximate surface area is 122 Å². The zero-order valence-corrected chi connectivity index (χ0v) is 12.4. The lowest BCUT2D eigenvalue weighted by Crippen LogP contribution is -2.31. The summed E-state index contributed by atoms with van der Waals surface area (Å²) in [7, 11) is 0. The fourth-order valence-corrected chi connectivity index (χ4v) is 3.22. The van der Waals surface area contributed by atoms with Crippen molar-refractivity contribution in [3.63, 3.8) is 0 Å². The van der Waals surface area contributed by atoms with Gasteiger partial charge in [0.15, 0.2) is 0 Å². The second-order valence-corrected chi connectivity index (χ2v) is 6.64. The molecular formula is C15H19BrN2O. The molecule has 0 radical (unpaired) electrons. The summed E-state index contributed by atoms with van der Waals surface area (Å²) in [5, 5.41) is 3.09. The number of nitrogens with one attached hydrogen (secondary N) is 1. The van der Waals surface area contributed by atoms with Crippen molar-refractivity contribution in [1.29, 1.82) is 0 Å². The van der Waals surface area contributed by atoms with Crippen LogP contribution < -0.4 is 11.1 Å². The minimum Gasteiger partial charge on any atom is -0.399 e. The van der Waals surface area contributed by atoms with Gasteiger partial charge in [-0.1, -0.05) is 0 Å². The molecule has 1 amide bonds. The maximum atomic E-state index is 12.2. The van der Waals surface area contributed by atoms with Crippen LogP contribution >= 0.6 is 15.9 Å². The average molecular weight is 323 g/mol. The summed E-state index contributed by atoms with van der Waals surface area (Å²) in [4.78, 5) is 12.2. The molecular weight excluding hydrogens is 304 g/mol. The Morgan fingerprint density at radius 2 is 1.95 bits per heavy atom. The van der Waals surface area contributed by atoms with E-state index in [4.69, 9.17) is 5.73 Å². The lowest BCUT2D eigenvalue weighted by atomic mass is 9.98. The Morgan fingerprint density at radius 3 is 2.53 bits per heavy atom. The number of amides is 1. The van der Waals surface area contributed by atoms with E-state index in [9.17, 15) is 4.79 Å². The molecule has 19 heavy (non-hydrogen) atoms. The van der Waals surface area contributed by atoms with E-state index < -0.39 is 0 Å². The van der Waals surface area contributed by atoms with E-state index in [2.05, 4.69) is 21.2 Å². The van der Waals surface area contributed by atoms with Gasteiger partial charge in [0.05, 0.1) is 5.56 Å². The fraction of sp³-hybridized carbons (Fsp3) is 0.533. The lowest BCUT2D eigenvalue weighted by molar-refractivity contribution is 0.0942. The summed E-state index contributed by atoms with van der Waals surface area (Å²) >= 11 is 3.40. The van der Waals surface area contributed by atoms with Gasteiger partial charge < -0.3 is 11.1 Å². The van der Waals surface area contributed by atoms with Crippen molar-refractivity contribution in [2.45, 2.75) is 25.7 Å². The second kappa shape index (κ2) is 5.16. The Hall–Kier alpha value is -1.03. The third-order valence-corrected chi connectivity index (χ3v) is 4.88. The minimum atomic E-state index is -0.0227. The number of carbonyl (C=O) groups excluding carboxylic acids is 1. The number of anilines is 1. The van der Waals surface area contributed by atoms with Gasteiger partial charge in [-0.05, 0) is 77.6 Å². The molecule has 0 aromatic heterocycles. The van der Waals surface area contributed by atoms with Crippen LogP contribution in [0, 0.1) is 17.8 Å². The molecule has 0 aliphatic heterocycles. The molecule has 3 N–H and O–H groups in total. The van der Waals surface area contributed by atoms with Crippen LogP contribution in [0.15, 0.2) is 22.7 Å². The fourth-order valence-electron chi connectivity index (χ4n) is 2.79. The molecule has 0 atom stereocenters. The van der Waals surface area contributed by atoms with Crippen LogP contribution in [0.5, 0.6) is 0 Å². The van der Waals surface area contributed by atoms with Crippen molar-refractivity contribution in [3.05, 3.63) is 28.2 Å². The van der Waals surface area contributed by atoms with Crippen LogP contribution in [0.3, 0.4) is 0 Å². The van der Waals surface area contributed by atoms with E-state index in [0.717, 1.165) is 22.9 Å². The topological polar surface area (TPSA) is 55.1 Å². The Bertz CT molecular complexity index is 483. The van der Waals surface area contributed by atoms with E-state index in [0.29, 0.717) is 17.2 Å². The van der Waals surface area contributed by atoms with Gasteiger partial charge in [-0.15, -0.1) is 0 Å². The predicted octanol–water partition coefficient (Wildman–Crippen LogP) is 3.20. The van der Waals surface area contributed by atoms with Crippen LogP contribution in [-0.4, -0.2) is 12.5 Å². The first kappa shape index (κ1) is 13.0. The van der Waals surface area contributed by atoms with Crippen LogP contribution in [-0.2, 0) is 0 Å². The van der Waals surface area contributed by atoms with Gasteiger partial charge in [0.25, 0.3) is 5.91 Å². The van der Waals surface area contributed by atoms with Crippen LogP contribution in [0.25, 0.3) is 0 Å². The predicted molar refractivity (Wildman–Crippen MR) is 79.8 cm³/mol. The highest BCUT2D eigenvalue weighted by Gasteiger charge is 2.41. The van der Waals surface area contributed by atoms with Crippen molar-refractivity contribution < 1.29 is 4.79 Å². The molecule has 2 fully saturated rings. The highest BCUT2D eigenvalue weighted by atomic mass is 79.9. The number of rotatable bonds is 5. The summed E-state index contributed by atoms with van der Waals surface area (Å²) in [5.74, 6) is 2.39. The van der Waals surface area contributed by atoms with Crippen LogP contribution in [0.1, 0.15) is 36.0 Å². The smallest absolute Gasteiger partial charge is 0.252 e. The van der Waals surface area contributed by atoms with Gasteiger partial charge >= 0.3 is 0 Å². The molecule has 2 saturated carbocycles.